The van der Waals surface area contributed by atoms with Gasteiger partial charge in [0.15, 0.2) is 10.9 Å². The van der Waals surface area contributed by atoms with Crippen LogP contribution in [0.25, 0.3) is 0 Å². The molecule has 1 heterocycles. The number of anilines is 2. The number of aromatic nitrogens is 1. The highest BCUT2D eigenvalue weighted by molar-refractivity contribution is 7.17. The molecule has 1 amide bonds. The third kappa shape index (κ3) is 3.19. The highest BCUT2D eigenvalue weighted by Gasteiger charge is 2.16. The van der Waals surface area contributed by atoms with Crippen LogP contribution in [-0.2, 0) is 0 Å². The number of nitrogens with zero attached hydrogens (tertiary/aromatic N) is 1. The van der Waals surface area contributed by atoms with Crippen LogP contribution in [0.1, 0.15) is 32.6 Å². The third-order valence-electron chi connectivity index (χ3n) is 2.84. The molecule has 0 fully saturated rings. The molecule has 110 valence electrons. The molecule has 2 aromatic rings. The summed E-state index contributed by atoms with van der Waals surface area (Å²) in [6, 6.07) is 4.80. The molecular weight excluding hydrogens is 290 g/mol. The van der Waals surface area contributed by atoms with Crippen LogP contribution in [0.4, 0.5) is 10.8 Å². The summed E-state index contributed by atoms with van der Waals surface area (Å²) in [5.74, 6) is 0.126. The molecule has 0 radical (unpaired) electrons. The van der Waals surface area contributed by atoms with Crippen LogP contribution in [0.2, 0.25) is 0 Å². The standard InChI is InChI=1S/C14H15N3O3S/c1-7-12(8(2)18)21-14(16-7)17-13(19)10-5-4-9(20-3)6-11(10)15/h4-6H,15H2,1-3H3,(H,16,17,19). The smallest absolute Gasteiger partial charge is 0.259 e. The van der Waals surface area contributed by atoms with Crippen LogP contribution in [-0.4, -0.2) is 23.8 Å². The molecule has 0 atom stereocenters. The van der Waals surface area contributed by atoms with Gasteiger partial charge in [0.25, 0.3) is 5.91 Å². The van der Waals surface area contributed by atoms with Gasteiger partial charge in [-0.2, -0.15) is 0 Å². The number of carbonyl (C=O) groups excluding carboxylic acids is 2. The Bertz CT molecular complexity index is 709. The predicted octanol–water partition coefficient (Wildman–Crippen LogP) is 2.50. The molecule has 0 spiro atoms. The number of nitrogens with two attached hydrogens (primary N) is 1. The molecule has 0 aliphatic heterocycles. The van der Waals surface area contributed by atoms with Crippen LogP contribution < -0.4 is 15.8 Å². The van der Waals surface area contributed by atoms with Gasteiger partial charge in [-0.1, -0.05) is 11.3 Å². The molecule has 0 unspecified atom stereocenters. The van der Waals surface area contributed by atoms with E-state index in [0.29, 0.717) is 32.7 Å². The van der Waals surface area contributed by atoms with E-state index >= 15 is 0 Å². The van der Waals surface area contributed by atoms with Crippen molar-refractivity contribution in [2.45, 2.75) is 13.8 Å². The summed E-state index contributed by atoms with van der Waals surface area (Å²) in [4.78, 5) is 28.3. The molecule has 3 N–H and O–H groups in total. The first-order valence-corrected chi connectivity index (χ1v) is 6.97. The van der Waals surface area contributed by atoms with E-state index in [2.05, 4.69) is 10.3 Å². The maximum atomic E-state index is 12.2. The Morgan fingerprint density at radius 3 is 2.62 bits per heavy atom. The Hall–Kier alpha value is -2.41. The first kappa shape index (κ1) is 15.0. The fourth-order valence-electron chi connectivity index (χ4n) is 1.82. The minimum absolute atomic E-state index is 0.0746. The van der Waals surface area contributed by atoms with Crippen molar-refractivity contribution in [1.29, 1.82) is 0 Å². The summed E-state index contributed by atoms with van der Waals surface area (Å²) in [5, 5.41) is 3.02. The second-order valence-electron chi connectivity index (χ2n) is 4.40. The Labute approximate surface area is 125 Å². The van der Waals surface area contributed by atoms with E-state index in [1.54, 1.807) is 25.1 Å². The van der Waals surface area contributed by atoms with Crippen molar-refractivity contribution >= 4 is 33.8 Å². The maximum Gasteiger partial charge on any atom is 0.259 e. The van der Waals surface area contributed by atoms with Crippen LogP contribution in [0.15, 0.2) is 18.2 Å². The number of nitrogens with one attached hydrogen (secondary N) is 1. The molecule has 0 bridgehead atoms. The van der Waals surface area contributed by atoms with Crippen molar-refractivity contribution in [2.24, 2.45) is 0 Å². The number of benzene rings is 1. The summed E-state index contributed by atoms with van der Waals surface area (Å²) >= 11 is 1.15. The zero-order valence-electron chi connectivity index (χ0n) is 11.9. The van der Waals surface area contributed by atoms with E-state index in [0.717, 1.165) is 11.3 Å². The van der Waals surface area contributed by atoms with Gasteiger partial charge in [-0.25, -0.2) is 4.98 Å². The first-order valence-electron chi connectivity index (χ1n) is 6.15. The van der Waals surface area contributed by atoms with Crippen molar-refractivity contribution in [1.82, 2.24) is 4.98 Å². The average Bonchev–Trinajstić information content (AvgIpc) is 2.79. The fourth-order valence-corrected chi connectivity index (χ4v) is 2.67. The van der Waals surface area contributed by atoms with Crippen molar-refractivity contribution in [3.05, 3.63) is 34.3 Å². The topological polar surface area (TPSA) is 94.3 Å². The van der Waals surface area contributed by atoms with Gasteiger partial charge in [-0.3, -0.25) is 14.9 Å². The number of hydrogen-bond acceptors (Lipinski definition) is 6. The highest BCUT2D eigenvalue weighted by atomic mass is 32.1. The molecule has 2 rings (SSSR count). The third-order valence-corrected chi connectivity index (χ3v) is 4.01. The maximum absolute atomic E-state index is 12.2. The number of ketones is 1. The normalized spacial score (nSPS) is 10.2. The average molecular weight is 305 g/mol. The lowest BCUT2D eigenvalue weighted by Crippen LogP contribution is -2.13. The summed E-state index contributed by atoms with van der Waals surface area (Å²) in [7, 11) is 1.52. The number of Topliss-reactive ketones (excluding diaryl/α,β-unsaturated/α-hetero) is 1. The Balaban J connectivity index is 2.22. The Morgan fingerprint density at radius 1 is 1.38 bits per heavy atom. The molecule has 7 heteroatoms. The zero-order valence-corrected chi connectivity index (χ0v) is 12.7. The number of carbonyl (C=O) groups is 2. The molecule has 0 aliphatic carbocycles. The van der Waals surface area contributed by atoms with E-state index in [1.807, 2.05) is 0 Å². The summed E-state index contributed by atoms with van der Waals surface area (Å²) < 4.78 is 5.03. The van der Waals surface area contributed by atoms with Crippen LogP contribution in [0, 0.1) is 6.92 Å². The van der Waals surface area contributed by atoms with Crippen molar-refractivity contribution in [3.8, 4) is 5.75 Å². The number of hydrogen-bond donors (Lipinski definition) is 2. The number of ether oxygens (including phenoxy) is 1. The number of amides is 1. The lowest BCUT2D eigenvalue weighted by molar-refractivity contribution is 0.101. The minimum atomic E-state index is -0.376. The van der Waals surface area contributed by atoms with Crippen LogP contribution in [0.3, 0.4) is 0 Å². The van der Waals surface area contributed by atoms with Gasteiger partial charge >= 0.3 is 0 Å². The number of aryl methyl sites for hydroxylation is 1. The number of methoxy groups -OCH3 is 1. The van der Waals surface area contributed by atoms with Gasteiger partial charge in [-0.15, -0.1) is 0 Å². The van der Waals surface area contributed by atoms with E-state index in [1.165, 1.54) is 14.0 Å². The zero-order chi connectivity index (χ0) is 15.6. The second-order valence-corrected chi connectivity index (χ2v) is 5.40. The van der Waals surface area contributed by atoms with Gasteiger partial charge < -0.3 is 10.5 Å². The fraction of sp³-hybridized carbons (Fsp3) is 0.214. The van der Waals surface area contributed by atoms with Crippen LogP contribution >= 0.6 is 11.3 Å². The molecular formula is C14H15N3O3S. The van der Waals surface area contributed by atoms with Gasteiger partial charge in [0.2, 0.25) is 0 Å². The van der Waals surface area contributed by atoms with Gasteiger partial charge in [-0.05, 0) is 19.1 Å². The number of nitrogen functional groups attached to an aromatic ring is 1. The van der Waals surface area contributed by atoms with E-state index in [4.69, 9.17) is 10.5 Å². The van der Waals surface area contributed by atoms with E-state index in [9.17, 15) is 9.59 Å². The molecule has 21 heavy (non-hydrogen) atoms. The Kier molecular flexibility index (Phi) is 4.23. The summed E-state index contributed by atoms with van der Waals surface area (Å²) in [6.07, 6.45) is 0. The number of rotatable bonds is 4. The molecule has 1 aromatic carbocycles. The van der Waals surface area contributed by atoms with Crippen molar-refractivity contribution in [3.63, 3.8) is 0 Å². The van der Waals surface area contributed by atoms with E-state index in [-0.39, 0.29) is 11.7 Å². The van der Waals surface area contributed by atoms with Crippen molar-refractivity contribution < 1.29 is 14.3 Å². The molecule has 6 nitrogen and oxygen atoms in total. The second kappa shape index (κ2) is 5.92. The highest BCUT2D eigenvalue weighted by Crippen LogP contribution is 2.25. The first-order chi connectivity index (χ1) is 9.92. The van der Waals surface area contributed by atoms with Gasteiger partial charge in [0.05, 0.1) is 23.2 Å². The quantitative estimate of drug-likeness (QED) is 0.668. The lowest BCUT2D eigenvalue weighted by atomic mass is 10.1. The van der Waals surface area contributed by atoms with E-state index < -0.39 is 0 Å². The molecule has 0 aliphatic rings. The Morgan fingerprint density at radius 2 is 2.10 bits per heavy atom. The van der Waals surface area contributed by atoms with Crippen molar-refractivity contribution in [2.75, 3.05) is 18.2 Å². The largest absolute Gasteiger partial charge is 0.497 e. The molecule has 0 saturated carbocycles. The molecule has 1 aromatic heterocycles. The summed E-state index contributed by atoms with van der Waals surface area (Å²) in [5.41, 5.74) is 7.06. The monoisotopic (exact) mass is 305 g/mol. The molecule has 0 saturated heterocycles. The predicted molar refractivity (Wildman–Crippen MR) is 82.2 cm³/mol. The number of thiazole rings is 1. The lowest BCUT2D eigenvalue weighted by Gasteiger charge is -2.07. The van der Waals surface area contributed by atoms with Gasteiger partial charge in [0, 0.05) is 18.7 Å². The summed E-state index contributed by atoms with van der Waals surface area (Å²) in [6.45, 7) is 3.19. The van der Waals surface area contributed by atoms with Crippen LogP contribution in [0.5, 0.6) is 5.75 Å². The SMILES string of the molecule is COc1ccc(C(=O)Nc2nc(C)c(C(C)=O)s2)c(N)c1. The van der Waals surface area contributed by atoms with Gasteiger partial charge in [0.1, 0.15) is 5.75 Å². The minimum Gasteiger partial charge on any atom is -0.497 e.